The molecule has 0 bridgehead atoms. The highest BCUT2D eigenvalue weighted by Gasteiger charge is 2.26. The Hall–Kier alpha value is -2.30. The number of nitrogens with one attached hydrogen (secondary N) is 2. The van der Waals surface area contributed by atoms with E-state index in [1.807, 2.05) is 31.2 Å². The molecule has 0 aliphatic carbocycles. The van der Waals surface area contributed by atoms with Crippen LogP contribution in [0, 0.1) is 0 Å². The second kappa shape index (κ2) is 5.36. The summed E-state index contributed by atoms with van der Waals surface area (Å²) in [4.78, 5) is 16.2. The van der Waals surface area contributed by atoms with Gasteiger partial charge in [-0.3, -0.25) is 4.79 Å². The lowest BCUT2D eigenvalue weighted by molar-refractivity contribution is -0.122. The van der Waals surface area contributed by atoms with Gasteiger partial charge in [-0.15, -0.1) is 0 Å². The molecule has 2 aromatic rings. The molecular weight excluding hydrogens is 254 g/mol. The zero-order valence-electron chi connectivity index (χ0n) is 11.3. The molecule has 1 aliphatic rings. The summed E-state index contributed by atoms with van der Waals surface area (Å²) in [7, 11) is 0. The summed E-state index contributed by atoms with van der Waals surface area (Å²) in [6.07, 6.45) is 3.22. The van der Waals surface area contributed by atoms with Crippen LogP contribution in [0.4, 0.5) is 5.69 Å². The van der Waals surface area contributed by atoms with Gasteiger partial charge in [0.2, 0.25) is 11.8 Å². The molecule has 104 valence electrons. The molecule has 0 spiro atoms. The van der Waals surface area contributed by atoms with E-state index in [1.54, 1.807) is 6.20 Å². The minimum Gasteiger partial charge on any atom is -0.444 e. The molecule has 1 atom stereocenters. The Bertz CT molecular complexity index is 596. The molecule has 1 aromatic carbocycles. The lowest BCUT2D eigenvalue weighted by Crippen LogP contribution is -2.38. The van der Waals surface area contributed by atoms with Crippen LogP contribution in [0.1, 0.15) is 24.1 Å². The normalized spacial score (nSPS) is 16.6. The first-order chi connectivity index (χ1) is 9.76. The van der Waals surface area contributed by atoms with Gasteiger partial charge in [0.05, 0.1) is 12.7 Å². The van der Waals surface area contributed by atoms with Crippen molar-refractivity contribution in [2.24, 2.45) is 0 Å². The van der Waals surface area contributed by atoms with Gasteiger partial charge in [0.1, 0.15) is 11.8 Å². The number of hydrogen-bond acceptors (Lipinski definition) is 4. The molecule has 0 fully saturated rings. The van der Waals surface area contributed by atoms with Crippen LogP contribution in [0.5, 0.6) is 0 Å². The first-order valence-electron chi connectivity index (χ1n) is 6.82. The number of carbonyl (C=O) groups excluding carboxylic acids is 1. The highest BCUT2D eigenvalue weighted by atomic mass is 16.4. The van der Waals surface area contributed by atoms with Gasteiger partial charge in [-0.2, -0.15) is 0 Å². The molecule has 3 rings (SSSR count). The van der Waals surface area contributed by atoms with Gasteiger partial charge >= 0.3 is 0 Å². The summed E-state index contributed by atoms with van der Waals surface area (Å²) < 4.78 is 5.46. The molecule has 1 aromatic heterocycles. The Balaban J connectivity index is 1.56. The molecular formula is C15H17N3O2. The average Bonchev–Trinajstić information content (AvgIpc) is 3.10. The topological polar surface area (TPSA) is 67.2 Å². The van der Waals surface area contributed by atoms with Gasteiger partial charge < -0.3 is 15.1 Å². The van der Waals surface area contributed by atoms with E-state index < -0.39 is 0 Å². The first-order valence-corrected chi connectivity index (χ1v) is 6.82. The van der Waals surface area contributed by atoms with Crippen LogP contribution in [0.2, 0.25) is 0 Å². The van der Waals surface area contributed by atoms with Crippen molar-refractivity contribution >= 4 is 11.6 Å². The van der Waals surface area contributed by atoms with E-state index in [0.717, 1.165) is 17.9 Å². The largest absolute Gasteiger partial charge is 0.444 e. The number of rotatable bonds is 4. The quantitative estimate of drug-likeness (QED) is 0.891. The van der Waals surface area contributed by atoms with E-state index in [0.29, 0.717) is 18.9 Å². The van der Waals surface area contributed by atoms with Gasteiger partial charge in [0.15, 0.2) is 0 Å². The van der Waals surface area contributed by atoms with Crippen molar-refractivity contribution in [2.45, 2.75) is 32.4 Å². The Morgan fingerprint density at radius 2 is 2.35 bits per heavy atom. The Morgan fingerprint density at radius 3 is 3.10 bits per heavy atom. The van der Waals surface area contributed by atoms with Gasteiger partial charge in [0.25, 0.3) is 0 Å². The molecule has 0 saturated heterocycles. The van der Waals surface area contributed by atoms with Gasteiger partial charge in [-0.05, 0) is 11.6 Å². The number of para-hydroxylation sites is 1. The molecule has 20 heavy (non-hydrogen) atoms. The number of hydrogen-bond donors (Lipinski definition) is 2. The minimum absolute atomic E-state index is 0.0301. The van der Waals surface area contributed by atoms with Crippen LogP contribution in [-0.2, 0) is 24.2 Å². The second-order valence-corrected chi connectivity index (χ2v) is 4.85. The zero-order chi connectivity index (χ0) is 13.9. The molecule has 1 unspecified atom stereocenters. The Kier molecular flexibility index (Phi) is 3.41. The fourth-order valence-corrected chi connectivity index (χ4v) is 2.34. The maximum Gasteiger partial charge on any atom is 0.243 e. The van der Waals surface area contributed by atoms with Crippen LogP contribution >= 0.6 is 0 Å². The highest BCUT2D eigenvalue weighted by Crippen LogP contribution is 2.25. The standard InChI is InChI=1S/C15H17N3O2/c1-2-11-8-16-14(20-11)9-17-15(19)13-7-10-5-3-4-6-12(10)18-13/h3-6,8,13,18H,2,7,9H2,1H3,(H,17,19). The third-order valence-electron chi connectivity index (χ3n) is 3.45. The third-order valence-corrected chi connectivity index (χ3v) is 3.45. The maximum atomic E-state index is 12.1. The van der Waals surface area contributed by atoms with Crippen molar-refractivity contribution in [2.75, 3.05) is 5.32 Å². The van der Waals surface area contributed by atoms with Crippen molar-refractivity contribution in [3.8, 4) is 0 Å². The Morgan fingerprint density at radius 1 is 1.50 bits per heavy atom. The average molecular weight is 271 g/mol. The lowest BCUT2D eigenvalue weighted by atomic mass is 10.1. The van der Waals surface area contributed by atoms with Crippen LogP contribution < -0.4 is 10.6 Å². The fraction of sp³-hybridized carbons (Fsp3) is 0.333. The summed E-state index contributed by atoms with van der Waals surface area (Å²) in [5.74, 6) is 1.35. The predicted molar refractivity (Wildman–Crippen MR) is 75.3 cm³/mol. The van der Waals surface area contributed by atoms with E-state index in [1.165, 1.54) is 5.56 Å². The first kappa shape index (κ1) is 12.7. The second-order valence-electron chi connectivity index (χ2n) is 4.85. The summed E-state index contributed by atoms with van der Waals surface area (Å²) in [6, 6.07) is 7.76. The number of carbonyl (C=O) groups is 1. The van der Waals surface area contributed by atoms with E-state index >= 15 is 0 Å². The predicted octanol–water partition coefficient (Wildman–Crippen LogP) is 1.89. The molecule has 5 heteroatoms. The van der Waals surface area contributed by atoms with Gasteiger partial charge in [-0.25, -0.2) is 4.98 Å². The maximum absolute atomic E-state index is 12.1. The number of benzene rings is 1. The van der Waals surface area contributed by atoms with E-state index in [4.69, 9.17) is 4.42 Å². The van der Waals surface area contributed by atoms with Gasteiger partial charge in [0, 0.05) is 18.5 Å². The number of fused-ring (bicyclic) bond motifs is 1. The monoisotopic (exact) mass is 271 g/mol. The molecule has 2 heterocycles. The molecule has 0 radical (unpaired) electrons. The number of amides is 1. The van der Waals surface area contributed by atoms with Gasteiger partial charge in [-0.1, -0.05) is 25.1 Å². The minimum atomic E-state index is -0.215. The molecule has 1 aliphatic heterocycles. The lowest BCUT2D eigenvalue weighted by Gasteiger charge is -2.10. The summed E-state index contributed by atoms with van der Waals surface area (Å²) in [6.45, 7) is 2.33. The molecule has 2 N–H and O–H groups in total. The Labute approximate surface area is 117 Å². The van der Waals surface area contributed by atoms with Crippen LogP contribution in [0.3, 0.4) is 0 Å². The highest BCUT2D eigenvalue weighted by molar-refractivity contribution is 5.87. The molecule has 1 amide bonds. The summed E-state index contributed by atoms with van der Waals surface area (Å²) in [5, 5.41) is 6.08. The summed E-state index contributed by atoms with van der Waals surface area (Å²) in [5.41, 5.74) is 2.22. The number of aryl methyl sites for hydroxylation is 1. The van der Waals surface area contributed by atoms with E-state index in [2.05, 4.69) is 15.6 Å². The molecule has 5 nitrogen and oxygen atoms in total. The van der Waals surface area contributed by atoms with E-state index in [-0.39, 0.29) is 11.9 Å². The third kappa shape index (κ3) is 2.52. The van der Waals surface area contributed by atoms with Crippen molar-refractivity contribution in [3.63, 3.8) is 0 Å². The van der Waals surface area contributed by atoms with E-state index in [9.17, 15) is 4.79 Å². The SMILES string of the molecule is CCc1cnc(CNC(=O)C2Cc3ccccc3N2)o1. The number of anilines is 1. The molecule has 0 saturated carbocycles. The van der Waals surface area contributed by atoms with Crippen LogP contribution in [0.25, 0.3) is 0 Å². The van der Waals surface area contributed by atoms with Crippen molar-refractivity contribution < 1.29 is 9.21 Å². The fourth-order valence-electron chi connectivity index (χ4n) is 2.34. The smallest absolute Gasteiger partial charge is 0.243 e. The van der Waals surface area contributed by atoms with Crippen molar-refractivity contribution in [1.29, 1.82) is 0 Å². The number of aromatic nitrogens is 1. The van der Waals surface area contributed by atoms with Crippen LogP contribution in [-0.4, -0.2) is 16.9 Å². The van der Waals surface area contributed by atoms with Crippen LogP contribution in [0.15, 0.2) is 34.9 Å². The van der Waals surface area contributed by atoms with Crippen molar-refractivity contribution in [1.82, 2.24) is 10.3 Å². The zero-order valence-corrected chi connectivity index (χ0v) is 11.3. The number of oxazole rings is 1. The number of nitrogens with zero attached hydrogens (tertiary/aromatic N) is 1. The summed E-state index contributed by atoms with van der Waals surface area (Å²) >= 11 is 0. The van der Waals surface area contributed by atoms with Crippen molar-refractivity contribution in [3.05, 3.63) is 47.7 Å².